The lowest BCUT2D eigenvalue weighted by Gasteiger charge is -2.58. The van der Waals surface area contributed by atoms with Crippen molar-refractivity contribution in [3.63, 3.8) is 0 Å². The molecule has 5 fully saturated rings. The summed E-state index contributed by atoms with van der Waals surface area (Å²) in [5.74, 6) is -0.234. The van der Waals surface area contributed by atoms with Crippen molar-refractivity contribution in [2.75, 3.05) is 6.61 Å². The van der Waals surface area contributed by atoms with Crippen molar-refractivity contribution >= 4 is 14.3 Å². The first-order valence-corrected chi connectivity index (χ1v) is 15.2. The summed E-state index contributed by atoms with van der Waals surface area (Å²) in [5, 5.41) is 0.217. The fraction of sp³-hybridized carbons (Fsp3) is 0.958. The van der Waals surface area contributed by atoms with Crippen LogP contribution in [-0.2, 0) is 28.5 Å². The molecule has 6 nitrogen and oxygen atoms in total. The molecule has 0 radical (unpaired) electrons. The molecule has 0 N–H and O–H groups in total. The highest BCUT2D eigenvalue weighted by molar-refractivity contribution is 6.74. The van der Waals surface area contributed by atoms with Crippen LogP contribution in [-0.4, -0.2) is 38.6 Å². The number of ether oxygens (including phenoxy) is 2. The van der Waals surface area contributed by atoms with Gasteiger partial charge in [0.1, 0.15) is 0 Å². The summed E-state index contributed by atoms with van der Waals surface area (Å²) in [6.07, 6.45) is 5.88. The van der Waals surface area contributed by atoms with Gasteiger partial charge in [0.15, 0.2) is 13.9 Å². The molecule has 31 heavy (non-hydrogen) atoms. The Kier molecular flexibility index (Phi) is 6.17. The van der Waals surface area contributed by atoms with E-state index in [1.54, 1.807) is 0 Å². The average Bonchev–Trinajstić information content (AvgIpc) is 2.89. The largest absolute Gasteiger partial charge is 0.432 e. The average molecular weight is 455 g/mol. The predicted octanol–water partition coefficient (Wildman–Crippen LogP) is 5.57. The van der Waals surface area contributed by atoms with E-state index < -0.39 is 26.0 Å². The van der Waals surface area contributed by atoms with E-state index in [9.17, 15) is 4.79 Å². The normalized spacial score (nSPS) is 42.7. The lowest BCUT2D eigenvalue weighted by atomic mass is 9.57. The molecule has 4 aliphatic heterocycles. The third kappa shape index (κ3) is 4.03. The van der Waals surface area contributed by atoms with Gasteiger partial charge in [0.25, 0.3) is 0 Å². The SMILES string of the molecule is C[C@@H]1CC[C@H]2[C@H](CCCCO[Si](C)(C)C(C)(C)C)C(=O)OC3O[C@@]4(C)CC[C@@H]1[C@]32OO4. The van der Waals surface area contributed by atoms with Crippen molar-refractivity contribution in [3.05, 3.63) is 0 Å². The van der Waals surface area contributed by atoms with Crippen molar-refractivity contribution in [3.8, 4) is 0 Å². The summed E-state index contributed by atoms with van der Waals surface area (Å²) in [4.78, 5) is 25.1. The Hall–Kier alpha value is -0.473. The zero-order valence-electron chi connectivity index (χ0n) is 20.5. The van der Waals surface area contributed by atoms with E-state index in [0.717, 1.165) is 51.6 Å². The molecule has 2 bridgehead atoms. The first-order chi connectivity index (χ1) is 14.4. The van der Waals surface area contributed by atoms with Gasteiger partial charge in [-0.3, -0.25) is 4.79 Å². The van der Waals surface area contributed by atoms with Gasteiger partial charge in [-0.1, -0.05) is 34.1 Å². The molecule has 7 heteroatoms. The number of fused-ring (bicyclic) bond motifs is 2. The zero-order chi connectivity index (χ0) is 22.7. The third-order valence-electron chi connectivity index (χ3n) is 8.97. The molecule has 0 amide bonds. The van der Waals surface area contributed by atoms with Crippen molar-refractivity contribution in [1.82, 2.24) is 0 Å². The topological polar surface area (TPSA) is 63.2 Å². The lowest BCUT2D eigenvalue weighted by Crippen LogP contribution is -2.70. The minimum absolute atomic E-state index is 0.0870. The molecule has 5 rings (SSSR count). The third-order valence-corrected chi connectivity index (χ3v) is 13.5. The summed E-state index contributed by atoms with van der Waals surface area (Å²) < 4.78 is 18.5. The smallest absolute Gasteiger partial charge is 0.311 e. The van der Waals surface area contributed by atoms with Crippen LogP contribution in [0, 0.1) is 23.7 Å². The van der Waals surface area contributed by atoms with Gasteiger partial charge in [0, 0.05) is 24.9 Å². The number of unbranched alkanes of at least 4 members (excludes halogenated alkanes) is 1. The Labute approximate surface area is 188 Å². The van der Waals surface area contributed by atoms with Crippen LogP contribution in [0.1, 0.15) is 79.6 Å². The summed E-state index contributed by atoms with van der Waals surface area (Å²) in [6.45, 7) is 16.3. The van der Waals surface area contributed by atoms with Gasteiger partial charge in [-0.15, -0.1) is 0 Å². The molecular weight excluding hydrogens is 412 g/mol. The summed E-state index contributed by atoms with van der Waals surface area (Å²) in [7, 11) is -1.73. The summed E-state index contributed by atoms with van der Waals surface area (Å²) in [6, 6.07) is 0. The summed E-state index contributed by atoms with van der Waals surface area (Å²) in [5.41, 5.74) is -0.663. The van der Waals surface area contributed by atoms with Crippen molar-refractivity contribution in [1.29, 1.82) is 0 Å². The molecule has 1 saturated carbocycles. The van der Waals surface area contributed by atoms with Gasteiger partial charge in [-0.25, -0.2) is 9.78 Å². The monoisotopic (exact) mass is 454 g/mol. The number of hydrogen-bond acceptors (Lipinski definition) is 6. The van der Waals surface area contributed by atoms with Crippen LogP contribution in [0.4, 0.5) is 0 Å². The molecular formula is C24H42O6Si. The van der Waals surface area contributed by atoms with Crippen LogP contribution in [0.3, 0.4) is 0 Å². The van der Waals surface area contributed by atoms with Crippen LogP contribution in [0.15, 0.2) is 0 Å². The number of carbonyl (C=O) groups excluding carboxylic acids is 1. The van der Waals surface area contributed by atoms with E-state index in [1.165, 1.54) is 0 Å². The minimum Gasteiger partial charge on any atom is -0.432 e. The molecule has 0 aromatic carbocycles. The van der Waals surface area contributed by atoms with Gasteiger partial charge in [0.05, 0.1) is 5.92 Å². The van der Waals surface area contributed by atoms with Gasteiger partial charge in [-0.05, 0) is 63.1 Å². The molecule has 1 aliphatic carbocycles. The molecule has 7 atom stereocenters. The lowest BCUT2D eigenvalue weighted by molar-refractivity contribution is -0.559. The number of carbonyl (C=O) groups is 1. The molecule has 1 unspecified atom stereocenters. The van der Waals surface area contributed by atoms with E-state index >= 15 is 0 Å². The maximum Gasteiger partial charge on any atom is 0.311 e. The molecule has 4 heterocycles. The van der Waals surface area contributed by atoms with Crippen molar-refractivity contribution in [2.45, 2.75) is 115 Å². The molecule has 1 spiro atoms. The quantitative estimate of drug-likeness (QED) is 0.226. The maximum atomic E-state index is 13.1. The van der Waals surface area contributed by atoms with Crippen LogP contribution >= 0.6 is 0 Å². The molecule has 0 aromatic heterocycles. The van der Waals surface area contributed by atoms with E-state index in [1.807, 2.05) is 6.92 Å². The molecule has 178 valence electrons. The molecule has 4 saturated heterocycles. The Morgan fingerprint density at radius 3 is 2.55 bits per heavy atom. The fourth-order valence-corrected chi connectivity index (χ4v) is 7.03. The first-order valence-electron chi connectivity index (χ1n) is 12.3. The number of hydrogen-bond donors (Lipinski definition) is 0. The van der Waals surface area contributed by atoms with Gasteiger partial charge in [0.2, 0.25) is 12.1 Å². The van der Waals surface area contributed by atoms with E-state index in [0.29, 0.717) is 5.92 Å². The Balaban J connectivity index is 1.43. The Bertz CT molecular complexity index is 690. The fourth-order valence-electron chi connectivity index (χ4n) is 5.95. The Morgan fingerprint density at radius 2 is 1.84 bits per heavy atom. The van der Waals surface area contributed by atoms with E-state index in [4.69, 9.17) is 23.7 Å². The number of rotatable bonds is 6. The van der Waals surface area contributed by atoms with Crippen LogP contribution in [0.25, 0.3) is 0 Å². The highest BCUT2D eigenvalue weighted by atomic mass is 28.4. The van der Waals surface area contributed by atoms with E-state index in [-0.39, 0.29) is 28.8 Å². The first kappa shape index (κ1) is 23.7. The van der Waals surface area contributed by atoms with Gasteiger partial charge >= 0.3 is 5.97 Å². The Morgan fingerprint density at radius 1 is 1.10 bits per heavy atom. The van der Waals surface area contributed by atoms with Gasteiger partial charge < -0.3 is 13.9 Å². The number of esters is 1. The summed E-state index contributed by atoms with van der Waals surface area (Å²) >= 11 is 0. The van der Waals surface area contributed by atoms with Crippen molar-refractivity contribution < 1.29 is 28.5 Å². The maximum absolute atomic E-state index is 13.1. The van der Waals surface area contributed by atoms with E-state index in [2.05, 4.69) is 40.8 Å². The van der Waals surface area contributed by atoms with Crippen LogP contribution in [0.5, 0.6) is 0 Å². The zero-order valence-corrected chi connectivity index (χ0v) is 21.5. The highest BCUT2D eigenvalue weighted by Crippen LogP contribution is 2.60. The van der Waals surface area contributed by atoms with Crippen LogP contribution < -0.4 is 0 Å². The highest BCUT2D eigenvalue weighted by Gasteiger charge is 2.70. The molecule has 5 aliphatic rings. The standard InChI is InChI=1S/C24H42O6Si/c1-16-11-12-19-17(10-8-9-15-26-31(6,7)22(2,3)4)20(25)27-21-24(19)18(16)13-14-23(5,28-21)29-30-24/h16-19,21H,8-15H2,1-7H3/t16-,17+,18+,19+,21?,23-,24-/m1/s1. The second-order valence-electron chi connectivity index (χ2n) is 12.1. The van der Waals surface area contributed by atoms with Gasteiger partial charge in [-0.2, -0.15) is 0 Å². The van der Waals surface area contributed by atoms with Crippen molar-refractivity contribution in [2.24, 2.45) is 23.7 Å². The predicted molar refractivity (Wildman–Crippen MR) is 119 cm³/mol. The second kappa shape index (κ2) is 8.08. The second-order valence-corrected chi connectivity index (χ2v) is 16.9. The minimum atomic E-state index is -1.73. The van der Waals surface area contributed by atoms with Crippen LogP contribution in [0.2, 0.25) is 18.1 Å². The molecule has 0 aromatic rings.